The highest BCUT2D eigenvalue weighted by atomic mass is 15.1. The van der Waals surface area contributed by atoms with E-state index in [2.05, 4.69) is 9.97 Å². The van der Waals surface area contributed by atoms with Crippen LogP contribution in [0.1, 0.15) is 29.6 Å². The first-order valence-corrected chi connectivity index (χ1v) is 5.89. The Morgan fingerprint density at radius 1 is 1.44 bits per heavy atom. The largest absolute Gasteiger partial charge is 0.384 e. The normalized spacial score (nSPS) is 10.6. The van der Waals surface area contributed by atoms with Gasteiger partial charge in [-0.3, -0.25) is 9.98 Å². The number of imidazole rings is 1. The SMILES string of the molecule is CCc1nccn1-c1nc(C)cc(C)c1C(=N)N. The fourth-order valence-electron chi connectivity index (χ4n) is 2.11. The van der Waals surface area contributed by atoms with Crippen molar-refractivity contribution in [2.45, 2.75) is 27.2 Å². The molecule has 0 aromatic carbocycles. The van der Waals surface area contributed by atoms with Gasteiger partial charge >= 0.3 is 0 Å². The topological polar surface area (TPSA) is 80.6 Å². The van der Waals surface area contributed by atoms with Crippen LogP contribution in [0, 0.1) is 19.3 Å². The third-order valence-corrected chi connectivity index (χ3v) is 2.86. The Morgan fingerprint density at radius 3 is 2.78 bits per heavy atom. The Kier molecular flexibility index (Phi) is 3.14. The second-order valence-corrected chi connectivity index (χ2v) is 4.26. The van der Waals surface area contributed by atoms with E-state index in [1.165, 1.54) is 0 Å². The summed E-state index contributed by atoms with van der Waals surface area (Å²) in [4.78, 5) is 8.79. The number of aryl methyl sites for hydroxylation is 3. The van der Waals surface area contributed by atoms with Gasteiger partial charge in [0.25, 0.3) is 0 Å². The van der Waals surface area contributed by atoms with Crippen LogP contribution in [0.3, 0.4) is 0 Å². The van der Waals surface area contributed by atoms with Gasteiger partial charge in [0, 0.05) is 24.5 Å². The van der Waals surface area contributed by atoms with Crippen LogP contribution in [0.4, 0.5) is 0 Å². The zero-order valence-electron chi connectivity index (χ0n) is 10.9. The molecule has 3 N–H and O–H groups in total. The summed E-state index contributed by atoms with van der Waals surface area (Å²) in [7, 11) is 0. The summed E-state index contributed by atoms with van der Waals surface area (Å²) >= 11 is 0. The summed E-state index contributed by atoms with van der Waals surface area (Å²) in [5, 5.41) is 7.72. The van der Waals surface area contributed by atoms with Crippen molar-refractivity contribution >= 4 is 5.84 Å². The Hall–Kier alpha value is -2.17. The third kappa shape index (κ3) is 1.99. The number of nitrogens with two attached hydrogens (primary N) is 1. The number of nitrogens with zero attached hydrogens (tertiary/aromatic N) is 3. The molecule has 0 saturated carbocycles. The predicted octanol–water partition coefficient (Wildman–Crippen LogP) is 1.73. The van der Waals surface area contributed by atoms with Crippen molar-refractivity contribution < 1.29 is 0 Å². The monoisotopic (exact) mass is 243 g/mol. The second-order valence-electron chi connectivity index (χ2n) is 4.26. The Balaban J connectivity index is 2.73. The van der Waals surface area contributed by atoms with Crippen LogP contribution in [0.15, 0.2) is 18.5 Å². The second kappa shape index (κ2) is 4.60. The standard InChI is InChI=1S/C13H17N5/c1-4-10-16-5-6-18(10)13-11(12(14)15)8(2)7-9(3)17-13/h5-7H,4H2,1-3H3,(H3,14,15). The molecule has 0 aliphatic heterocycles. The number of nitrogens with one attached hydrogen (secondary N) is 1. The average molecular weight is 243 g/mol. The number of amidine groups is 1. The first kappa shape index (κ1) is 12.3. The molecule has 0 saturated heterocycles. The van der Waals surface area contributed by atoms with Crippen molar-refractivity contribution in [2.75, 3.05) is 0 Å². The van der Waals surface area contributed by atoms with E-state index in [1.54, 1.807) is 6.20 Å². The fourth-order valence-corrected chi connectivity index (χ4v) is 2.11. The highest BCUT2D eigenvalue weighted by molar-refractivity contribution is 5.99. The molecular weight excluding hydrogens is 226 g/mol. The highest BCUT2D eigenvalue weighted by Gasteiger charge is 2.15. The van der Waals surface area contributed by atoms with Crippen molar-refractivity contribution in [3.05, 3.63) is 41.1 Å². The summed E-state index contributed by atoms with van der Waals surface area (Å²) in [6.45, 7) is 5.91. The van der Waals surface area contributed by atoms with Crippen molar-refractivity contribution in [3.8, 4) is 5.82 Å². The molecule has 2 rings (SSSR count). The van der Waals surface area contributed by atoms with Gasteiger partial charge in [0.2, 0.25) is 0 Å². The molecule has 0 spiro atoms. The van der Waals surface area contributed by atoms with Gasteiger partial charge in [0.05, 0.1) is 5.56 Å². The summed E-state index contributed by atoms with van der Waals surface area (Å²) in [6.07, 6.45) is 4.40. The number of rotatable bonds is 3. The molecule has 0 fully saturated rings. The Morgan fingerprint density at radius 2 is 2.17 bits per heavy atom. The molecule has 0 bridgehead atoms. The summed E-state index contributed by atoms with van der Waals surface area (Å²) in [5.74, 6) is 1.63. The minimum atomic E-state index is 0.0331. The van der Waals surface area contributed by atoms with Crippen molar-refractivity contribution in [3.63, 3.8) is 0 Å². The first-order valence-electron chi connectivity index (χ1n) is 5.89. The van der Waals surface area contributed by atoms with Gasteiger partial charge in [-0.25, -0.2) is 9.97 Å². The van der Waals surface area contributed by atoms with E-state index < -0.39 is 0 Å². The number of hydrogen-bond acceptors (Lipinski definition) is 3. The Labute approximate surface area is 106 Å². The van der Waals surface area contributed by atoms with Gasteiger partial charge in [-0.1, -0.05) is 6.92 Å². The lowest BCUT2D eigenvalue weighted by Gasteiger charge is -2.14. The van der Waals surface area contributed by atoms with Crippen LogP contribution in [0.5, 0.6) is 0 Å². The van der Waals surface area contributed by atoms with E-state index >= 15 is 0 Å². The molecule has 2 aromatic heterocycles. The van der Waals surface area contributed by atoms with Crippen LogP contribution >= 0.6 is 0 Å². The molecule has 0 aliphatic rings. The van der Waals surface area contributed by atoms with E-state index in [9.17, 15) is 0 Å². The Bertz CT molecular complexity index is 597. The van der Waals surface area contributed by atoms with Crippen molar-refractivity contribution in [1.82, 2.24) is 14.5 Å². The third-order valence-electron chi connectivity index (χ3n) is 2.86. The maximum atomic E-state index is 7.72. The molecule has 0 atom stereocenters. The number of nitrogen functional groups attached to an aromatic ring is 1. The quantitative estimate of drug-likeness (QED) is 0.636. The van der Waals surface area contributed by atoms with Crippen LogP contribution in [-0.4, -0.2) is 20.4 Å². The van der Waals surface area contributed by atoms with Gasteiger partial charge in [-0.2, -0.15) is 0 Å². The van der Waals surface area contributed by atoms with E-state index in [4.69, 9.17) is 11.1 Å². The molecule has 2 aromatic rings. The summed E-state index contributed by atoms with van der Waals surface area (Å²) < 4.78 is 1.90. The maximum absolute atomic E-state index is 7.72. The minimum absolute atomic E-state index is 0.0331. The van der Waals surface area contributed by atoms with Crippen molar-refractivity contribution in [1.29, 1.82) is 5.41 Å². The van der Waals surface area contributed by atoms with Gasteiger partial charge in [-0.05, 0) is 25.5 Å². The highest BCUT2D eigenvalue weighted by Crippen LogP contribution is 2.19. The van der Waals surface area contributed by atoms with E-state index in [-0.39, 0.29) is 5.84 Å². The van der Waals surface area contributed by atoms with Crippen LogP contribution in [-0.2, 0) is 6.42 Å². The van der Waals surface area contributed by atoms with Gasteiger partial charge < -0.3 is 5.73 Å². The lowest BCUT2D eigenvalue weighted by molar-refractivity contribution is 0.858. The molecule has 18 heavy (non-hydrogen) atoms. The van der Waals surface area contributed by atoms with Gasteiger partial charge in [0.1, 0.15) is 17.5 Å². The predicted molar refractivity (Wildman–Crippen MR) is 71.2 cm³/mol. The molecule has 0 amide bonds. The smallest absolute Gasteiger partial charge is 0.149 e. The first-order chi connectivity index (χ1) is 8.54. The fraction of sp³-hybridized carbons (Fsp3) is 0.308. The lowest BCUT2D eigenvalue weighted by Crippen LogP contribution is -2.19. The zero-order valence-corrected chi connectivity index (χ0v) is 10.9. The molecule has 94 valence electrons. The number of hydrogen-bond donors (Lipinski definition) is 2. The number of aromatic nitrogens is 3. The van der Waals surface area contributed by atoms with E-state index in [0.29, 0.717) is 11.4 Å². The van der Waals surface area contributed by atoms with E-state index in [1.807, 2.05) is 37.6 Å². The molecule has 2 heterocycles. The average Bonchev–Trinajstić information content (AvgIpc) is 2.74. The molecular formula is C13H17N5. The van der Waals surface area contributed by atoms with Crippen LogP contribution in [0.25, 0.3) is 5.82 Å². The molecule has 0 aliphatic carbocycles. The zero-order chi connectivity index (χ0) is 13.3. The van der Waals surface area contributed by atoms with Gasteiger partial charge in [0.15, 0.2) is 0 Å². The molecule has 0 unspecified atom stereocenters. The summed E-state index contributed by atoms with van der Waals surface area (Å²) in [6, 6.07) is 1.93. The number of pyridine rings is 1. The van der Waals surface area contributed by atoms with Crippen LogP contribution in [0.2, 0.25) is 0 Å². The lowest BCUT2D eigenvalue weighted by atomic mass is 10.1. The van der Waals surface area contributed by atoms with E-state index in [0.717, 1.165) is 23.5 Å². The van der Waals surface area contributed by atoms with Crippen LogP contribution < -0.4 is 5.73 Å². The molecule has 0 radical (unpaired) electrons. The van der Waals surface area contributed by atoms with Gasteiger partial charge in [-0.15, -0.1) is 0 Å². The molecule has 5 nitrogen and oxygen atoms in total. The maximum Gasteiger partial charge on any atom is 0.149 e. The minimum Gasteiger partial charge on any atom is -0.384 e. The molecule has 5 heteroatoms. The summed E-state index contributed by atoms with van der Waals surface area (Å²) in [5.41, 5.74) is 8.21. The van der Waals surface area contributed by atoms with Crippen molar-refractivity contribution in [2.24, 2.45) is 5.73 Å².